The van der Waals surface area contributed by atoms with Gasteiger partial charge in [-0.3, -0.25) is 0 Å². The topological polar surface area (TPSA) is 21.3 Å². The molecule has 0 bridgehead atoms. The van der Waals surface area contributed by atoms with E-state index in [4.69, 9.17) is 4.74 Å². The summed E-state index contributed by atoms with van der Waals surface area (Å²) in [4.78, 5) is 0. The highest BCUT2D eigenvalue weighted by molar-refractivity contribution is 4.81. The first-order valence-corrected chi connectivity index (χ1v) is 7.87. The summed E-state index contributed by atoms with van der Waals surface area (Å²) in [6.07, 6.45) is 6.95. The van der Waals surface area contributed by atoms with Crippen LogP contribution in [0.2, 0.25) is 0 Å². The first-order chi connectivity index (χ1) is 8.67. The number of hydrogen-bond acceptors (Lipinski definition) is 2. The fourth-order valence-corrected chi connectivity index (χ4v) is 3.34. The lowest BCUT2D eigenvalue weighted by Crippen LogP contribution is -2.36. The van der Waals surface area contributed by atoms with E-state index >= 15 is 0 Å². The van der Waals surface area contributed by atoms with Crippen LogP contribution in [0, 0.1) is 23.7 Å². The van der Waals surface area contributed by atoms with Crippen molar-refractivity contribution in [1.82, 2.24) is 5.32 Å². The molecule has 0 radical (unpaired) electrons. The van der Waals surface area contributed by atoms with E-state index in [1.807, 2.05) is 7.11 Å². The molecule has 1 saturated carbocycles. The van der Waals surface area contributed by atoms with E-state index in [0.717, 1.165) is 36.8 Å². The highest BCUT2D eigenvalue weighted by Gasteiger charge is 2.29. The molecule has 1 aliphatic rings. The standard InChI is InChI=1S/C16H33NO/c1-5-6-14-7-8-15(11-17-10-13(2)3)16(9-14)12-18-4/h13-17H,5-12H2,1-4H3. The Morgan fingerprint density at radius 3 is 2.61 bits per heavy atom. The molecule has 2 heteroatoms. The van der Waals surface area contributed by atoms with Crippen LogP contribution >= 0.6 is 0 Å². The molecule has 1 aliphatic carbocycles. The molecule has 108 valence electrons. The van der Waals surface area contributed by atoms with Crippen LogP contribution in [0.5, 0.6) is 0 Å². The average Bonchev–Trinajstić information content (AvgIpc) is 2.32. The Bertz CT molecular complexity index is 205. The van der Waals surface area contributed by atoms with E-state index < -0.39 is 0 Å². The van der Waals surface area contributed by atoms with E-state index in [1.165, 1.54) is 38.6 Å². The van der Waals surface area contributed by atoms with Crippen LogP contribution in [0.3, 0.4) is 0 Å². The Hall–Kier alpha value is -0.0800. The van der Waals surface area contributed by atoms with Crippen molar-refractivity contribution in [1.29, 1.82) is 0 Å². The summed E-state index contributed by atoms with van der Waals surface area (Å²) in [7, 11) is 1.85. The third kappa shape index (κ3) is 5.71. The zero-order chi connectivity index (χ0) is 13.4. The van der Waals surface area contributed by atoms with Crippen molar-refractivity contribution in [2.24, 2.45) is 23.7 Å². The molecule has 3 atom stereocenters. The van der Waals surface area contributed by atoms with Crippen LogP contribution < -0.4 is 5.32 Å². The molecule has 18 heavy (non-hydrogen) atoms. The molecule has 0 aromatic heterocycles. The minimum absolute atomic E-state index is 0.752. The number of ether oxygens (including phenoxy) is 1. The SMILES string of the molecule is CCCC1CCC(CNCC(C)C)C(COC)C1. The van der Waals surface area contributed by atoms with Gasteiger partial charge in [0.2, 0.25) is 0 Å². The van der Waals surface area contributed by atoms with E-state index in [2.05, 4.69) is 26.1 Å². The summed E-state index contributed by atoms with van der Waals surface area (Å²) >= 11 is 0. The number of methoxy groups -OCH3 is 1. The molecule has 0 spiro atoms. The van der Waals surface area contributed by atoms with E-state index in [1.54, 1.807) is 0 Å². The molecule has 3 unspecified atom stereocenters. The van der Waals surface area contributed by atoms with Gasteiger partial charge in [0.05, 0.1) is 0 Å². The Kier molecular flexibility index (Phi) is 7.92. The Morgan fingerprint density at radius 2 is 2.00 bits per heavy atom. The van der Waals surface area contributed by atoms with Crippen LogP contribution in [0.25, 0.3) is 0 Å². The molecule has 0 aromatic rings. The van der Waals surface area contributed by atoms with Crippen molar-refractivity contribution in [3.63, 3.8) is 0 Å². The first kappa shape index (κ1) is 16.0. The lowest BCUT2D eigenvalue weighted by atomic mass is 9.73. The summed E-state index contributed by atoms with van der Waals surface area (Å²) in [6, 6.07) is 0. The van der Waals surface area contributed by atoms with Crippen LogP contribution in [-0.4, -0.2) is 26.8 Å². The molecule has 0 aromatic carbocycles. The third-order valence-corrected chi connectivity index (χ3v) is 4.29. The van der Waals surface area contributed by atoms with E-state index in [9.17, 15) is 0 Å². The summed E-state index contributed by atoms with van der Waals surface area (Å²) in [6.45, 7) is 10.1. The summed E-state index contributed by atoms with van der Waals surface area (Å²) in [5.74, 6) is 3.32. The van der Waals surface area contributed by atoms with Crippen molar-refractivity contribution < 1.29 is 4.74 Å². The van der Waals surface area contributed by atoms with Gasteiger partial charge >= 0.3 is 0 Å². The lowest BCUT2D eigenvalue weighted by molar-refractivity contribution is 0.0710. The molecular weight excluding hydrogens is 222 g/mol. The van der Waals surface area contributed by atoms with E-state index in [-0.39, 0.29) is 0 Å². The van der Waals surface area contributed by atoms with Crippen molar-refractivity contribution >= 4 is 0 Å². The van der Waals surface area contributed by atoms with Gasteiger partial charge in [0.25, 0.3) is 0 Å². The van der Waals surface area contributed by atoms with Gasteiger partial charge in [-0.05, 0) is 49.6 Å². The zero-order valence-electron chi connectivity index (χ0n) is 12.9. The van der Waals surface area contributed by atoms with Gasteiger partial charge in [0.15, 0.2) is 0 Å². The Morgan fingerprint density at radius 1 is 1.22 bits per heavy atom. The summed E-state index contributed by atoms with van der Waals surface area (Å²) in [5, 5.41) is 3.63. The normalized spacial score (nSPS) is 28.8. The summed E-state index contributed by atoms with van der Waals surface area (Å²) in [5.41, 5.74) is 0. The first-order valence-electron chi connectivity index (χ1n) is 7.87. The Labute approximate surface area is 114 Å². The van der Waals surface area contributed by atoms with Gasteiger partial charge in [-0.2, -0.15) is 0 Å². The van der Waals surface area contributed by atoms with Gasteiger partial charge in [-0.1, -0.05) is 40.0 Å². The van der Waals surface area contributed by atoms with Crippen molar-refractivity contribution in [2.45, 2.75) is 52.9 Å². The maximum absolute atomic E-state index is 5.44. The minimum atomic E-state index is 0.752. The lowest BCUT2D eigenvalue weighted by Gasteiger charge is -2.36. The number of hydrogen-bond donors (Lipinski definition) is 1. The van der Waals surface area contributed by atoms with Crippen LogP contribution in [0.4, 0.5) is 0 Å². The van der Waals surface area contributed by atoms with Crippen LogP contribution in [0.15, 0.2) is 0 Å². The van der Waals surface area contributed by atoms with Gasteiger partial charge in [0, 0.05) is 13.7 Å². The predicted octanol–water partition coefficient (Wildman–Crippen LogP) is 3.71. The van der Waals surface area contributed by atoms with Gasteiger partial charge in [0.1, 0.15) is 0 Å². The monoisotopic (exact) mass is 255 g/mol. The summed E-state index contributed by atoms with van der Waals surface area (Å²) < 4.78 is 5.44. The number of nitrogens with one attached hydrogen (secondary N) is 1. The maximum Gasteiger partial charge on any atom is 0.0493 e. The second kappa shape index (κ2) is 8.92. The Balaban J connectivity index is 2.35. The molecule has 1 N–H and O–H groups in total. The molecular formula is C16H33NO. The third-order valence-electron chi connectivity index (χ3n) is 4.29. The second-order valence-electron chi connectivity index (χ2n) is 6.50. The zero-order valence-corrected chi connectivity index (χ0v) is 12.9. The van der Waals surface area contributed by atoms with Crippen LogP contribution in [0.1, 0.15) is 52.9 Å². The molecule has 0 heterocycles. The highest BCUT2D eigenvalue weighted by Crippen LogP contribution is 2.36. The molecule has 0 amide bonds. The fraction of sp³-hybridized carbons (Fsp3) is 1.00. The smallest absolute Gasteiger partial charge is 0.0493 e. The average molecular weight is 255 g/mol. The predicted molar refractivity (Wildman–Crippen MR) is 78.8 cm³/mol. The van der Waals surface area contributed by atoms with E-state index in [0.29, 0.717) is 0 Å². The fourth-order valence-electron chi connectivity index (χ4n) is 3.34. The molecule has 1 fully saturated rings. The van der Waals surface area contributed by atoms with Crippen molar-refractivity contribution in [2.75, 3.05) is 26.8 Å². The highest BCUT2D eigenvalue weighted by atomic mass is 16.5. The number of rotatable bonds is 8. The molecule has 1 rings (SSSR count). The molecule has 0 saturated heterocycles. The quantitative estimate of drug-likeness (QED) is 0.714. The van der Waals surface area contributed by atoms with Gasteiger partial charge in [-0.25, -0.2) is 0 Å². The van der Waals surface area contributed by atoms with Gasteiger partial charge in [-0.15, -0.1) is 0 Å². The largest absolute Gasteiger partial charge is 0.384 e. The van der Waals surface area contributed by atoms with Crippen LogP contribution in [-0.2, 0) is 4.74 Å². The molecule has 2 nitrogen and oxygen atoms in total. The minimum Gasteiger partial charge on any atom is -0.384 e. The molecule has 0 aliphatic heterocycles. The maximum atomic E-state index is 5.44. The van der Waals surface area contributed by atoms with Gasteiger partial charge < -0.3 is 10.1 Å². The van der Waals surface area contributed by atoms with Crippen molar-refractivity contribution in [3.05, 3.63) is 0 Å². The second-order valence-corrected chi connectivity index (χ2v) is 6.50. The van der Waals surface area contributed by atoms with Crippen molar-refractivity contribution in [3.8, 4) is 0 Å².